The standard InChI is InChI=1S/2C6H6O.2Ca.4H/c2*7-6-4-2-1-3-5-6;;;;;;/h2*1-5,7H;;;;;;/q;;2*+2;4*-1. The summed E-state index contributed by atoms with van der Waals surface area (Å²) >= 11 is 0. The second kappa shape index (κ2) is 12.0. The van der Waals surface area contributed by atoms with Crippen LogP contribution in [0.25, 0.3) is 0 Å². The molecule has 0 aliphatic rings. The van der Waals surface area contributed by atoms with Crippen molar-refractivity contribution in [3.8, 4) is 11.5 Å². The molecule has 0 atom stereocenters. The summed E-state index contributed by atoms with van der Waals surface area (Å²) < 4.78 is 0. The fourth-order valence-electron chi connectivity index (χ4n) is 0.856. The molecule has 16 heavy (non-hydrogen) atoms. The Morgan fingerprint density at radius 1 is 0.562 bits per heavy atom. The fraction of sp³-hybridized carbons (Fsp3) is 0. The molecule has 0 fully saturated rings. The van der Waals surface area contributed by atoms with E-state index in [1.165, 1.54) is 0 Å². The van der Waals surface area contributed by atoms with Gasteiger partial charge in [0.15, 0.2) is 0 Å². The minimum Gasteiger partial charge on any atom is -1.00 e. The Morgan fingerprint density at radius 2 is 0.812 bits per heavy atom. The van der Waals surface area contributed by atoms with Crippen molar-refractivity contribution in [1.29, 1.82) is 0 Å². The van der Waals surface area contributed by atoms with Crippen LogP contribution in [0.1, 0.15) is 5.71 Å². The van der Waals surface area contributed by atoms with Crippen LogP contribution in [0.4, 0.5) is 0 Å². The van der Waals surface area contributed by atoms with Crippen LogP contribution in [0.3, 0.4) is 0 Å². The molecule has 2 rings (SSSR count). The Balaban J connectivity index is -0.0000000377. The van der Waals surface area contributed by atoms with Gasteiger partial charge >= 0.3 is 75.5 Å². The van der Waals surface area contributed by atoms with E-state index in [0.29, 0.717) is 11.5 Å². The van der Waals surface area contributed by atoms with Crippen molar-refractivity contribution >= 4 is 75.5 Å². The average molecular weight is 272 g/mol. The molecule has 0 unspecified atom stereocenters. The zero-order chi connectivity index (χ0) is 10.2. The minimum absolute atomic E-state index is 0. The topological polar surface area (TPSA) is 40.5 Å². The van der Waals surface area contributed by atoms with Gasteiger partial charge in [0.2, 0.25) is 0 Å². The van der Waals surface area contributed by atoms with E-state index >= 15 is 0 Å². The third kappa shape index (κ3) is 9.76. The van der Waals surface area contributed by atoms with Crippen molar-refractivity contribution in [3.63, 3.8) is 0 Å². The van der Waals surface area contributed by atoms with Crippen LogP contribution in [0.5, 0.6) is 11.5 Å². The molecule has 0 aromatic heterocycles. The molecule has 4 heteroatoms. The molecule has 0 amide bonds. The molecule has 80 valence electrons. The second-order valence-electron chi connectivity index (χ2n) is 2.67. The van der Waals surface area contributed by atoms with Gasteiger partial charge < -0.3 is 15.9 Å². The number of benzene rings is 2. The van der Waals surface area contributed by atoms with E-state index in [1.54, 1.807) is 48.5 Å². The van der Waals surface area contributed by atoms with E-state index in [2.05, 4.69) is 0 Å². The second-order valence-corrected chi connectivity index (χ2v) is 2.67. The van der Waals surface area contributed by atoms with E-state index < -0.39 is 0 Å². The van der Waals surface area contributed by atoms with Gasteiger partial charge in [0.1, 0.15) is 11.5 Å². The van der Waals surface area contributed by atoms with Crippen LogP contribution in [-0.2, 0) is 0 Å². The smallest absolute Gasteiger partial charge is 1.00 e. The zero-order valence-electron chi connectivity index (χ0n) is 13.1. The summed E-state index contributed by atoms with van der Waals surface area (Å²) in [5.41, 5.74) is 0. The molecule has 0 spiro atoms. The Morgan fingerprint density at radius 3 is 0.938 bits per heavy atom. The molecule has 0 radical (unpaired) electrons. The van der Waals surface area contributed by atoms with Crippen LogP contribution in [0, 0.1) is 0 Å². The van der Waals surface area contributed by atoms with E-state index in [4.69, 9.17) is 10.2 Å². The molecule has 2 aromatic rings. The Bertz CT molecular complexity index is 329. The summed E-state index contributed by atoms with van der Waals surface area (Å²) in [4.78, 5) is 0. The number of para-hydroxylation sites is 2. The van der Waals surface area contributed by atoms with Crippen LogP contribution >= 0.6 is 0 Å². The number of hydrogen-bond donors (Lipinski definition) is 2. The number of hydrogen-bond acceptors (Lipinski definition) is 2. The molecule has 2 nitrogen and oxygen atoms in total. The van der Waals surface area contributed by atoms with Gasteiger partial charge in [-0.1, -0.05) is 36.4 Å². The molecule has 0 aliphatic carbocycles. The third-order valence-electron chi connectivity index (χ3n) is 1.51. The Labute approximate surface area is 161 Å². The monoisotopic (exact) mass is 272 g/mol. The van der Waals surface area contributed by atoms with E-state index in [1.807, 2.05) is 12.1 Å². The molecular formula is C12H16Ca2O2. The summed E-state index contributed by atoms with van der Waals surface area (Å²) in [7, 11) is 0. The summed E-state index contributed by atoms with van der Waals surface area (Å²) in [6.45, 7) is 0. The minimum atomic E-state index is 0. The van der Waals surface area contributed by atoms with Crippen LogP contribution < -0.4 is 0 Å². The molecule has 0 heterocycles. The van der Waals surface area contributed by atoms with Crippen LogP contribution in [0.2, 0.25) is 0 Å². The van der Waals surface area contributed by atoms with Crippen molar-refractivity contribution < 1.29 is 15.9 Å². The van der Waals surface area contributed by atoms with Gasteiger partial charge in [0.05, 0.1) is 0 Å². The van der Waals surface area contributed by atoms with Crippen molar-refractivity contribution in [2.45, 2.75) is 0 Å². The first-order valence-electron chi connectivity index (χ1n) is 4.27. The first-order chi connectivity index (χ1) is 6.79. The summed E-state index contributed by atoms with van der Waals surface area (Å²) in [6.07, 6.45) is 0. The van der Waals surface area contributed by atoms with Crippen LogP contribution in [-0.4, -0.2) is 85.7 Å². The maximum Gasteiger partial charge on any atom is 2.00 e. The van der Waals surface area contributed by atoms with Crippen molar-refractivity contribution in [1.82, 2.24) is 0 Å². The number of phenols is 2. The molecule has 0 saturated carbocycles. The molecule has 2 aromatic carbocycles. The zero-order valence-corrected chi connectivity index (χ0v) is 13.5. The third-order valence-corrected chi connectivity index (χ3v) is 1.51. The number of rotatable bonds is 0. The van der Waals surface area contributed by atoms with Crippen molar-refractivity contribution in [2.24, 2.45) is 0 Å². The largest absolute Gasteiger partial charge is 2.00 e. The van der Waals surface area contributed by atoms with Crippen LogP contribution in [0.15, 0.2) is 60.7 Å². The molecule has 0 aliphatic heterocycles. The number of aromatic hydroxyl groups is 2. The maximum atomic E-state index is 8.63. The molecule has 2 N–H and O–H groups in total. The number of phenolic OH excluding ortho intramolecular Hbond substituents is 2. The SMILES string of the molecule is Oc1ccccc1.Oc1ccccc1.[Ca+2].[Ca+2].[H-].[H-].[H-].[H-]. The summed E-state index contributed by atoms with van der Waals surface area (Å²) in [5, 5.41) is 17.3. The van der Waals surface area contributed by atoms with Gasteiger partial charge in [-0.15, -0.1) is 0 Å². The molecule has 0 saturated heterocycles. The Hall–Kier alpha value is 0.559. The fourth-order valence-corrected chi connectivity index (χ4v) is 0.856. The van der Waals surface area contributed by atoms with Crippen molar-refractivity contribution in [2.75, 3.05) is 0 Å². The van der Waals surface area contributed by atoms with Gasteiger partial charge in [-0.3, -0.25) is 0 Å². The first kappa shape index (κ1) is 18.9. The van der Waals surface area contributed by atoms with E-state index in [0.717, 1.165) is 0 Å². The van der Waals surface area contributed by atoms with Gasteiger partial charge in [0.25, 0.3) is 0 Å². The van der Waals surface area contributed by atoms with Gasteiger partial charge in [-0.2, -0.15) is 0 Å². The molecular weight excluding hydrogens is 256 g/mol. The van der Waals surface area contributed by atoms with Gasteiger partial charge in [0, 0.05) is 0 Å². The summed E-state index contributed by atoms with van der Waals surface area (Å²) in [5.74, 6) is 0.644. The van der Waals surface area contributed by atoms with Gasteiger partial charge in [-0.05, 0) is 24.3 Å². The summed E-state index contributed by atoms with van der Waals surface area (Å²) in [6, 6.07) is 17.4. The first-order valence-corrected chi connectivity index (χ1v) is 4.27. The normalized spacial score (nSPS) is 7.50. The van der Waals surface area contributed by atoms with E-state index in [-0.39, 0.29) is 81.2 Å². The Kier molecular flexibility index (Phi) is 14.2. The molecule has 0 bridgehead atoms. The maximum absolute atomic E-state index is 8.63. The van der Waals surface area contributed by atoms with E-state index in [9.17, 15) is 0 Å². The predicted octanol–water partition coefficient (Wildman–Crippen LogP) is 2.47. The predicted molar refractivity (Wildman–Crippen MR) is 72.2 cm³/mol. The average Bonchev–Trinajstić information content (AvgIpc) is 2.21. The van der Waals surface area contributed by atoms with Gasteiger partial charge in [-0.25, -0.2) is 0 Å². The van der Waals surface area contributed by atoms with Crippen molar-refractivity contribution in [3.05, 3.63) is 60.7 Å². The quantitative estimate of drug-likeness (QED) is 0.723.